The summed E-state index contributed by atoms with van der Waals surface area (Å²) in [6.07, 6.45) is 0.834. The zero-order chi connectivity index (χ0) is 20.6. The van der Waals surface area contributed by atoms with Crippen molar-refractivity contribution >= 4 is 34.3 Å². The Hall–Kier alpha value is -3.04. The van der Waals surface area contributed by atoms with E-state index in [9.17, 15) is 4.79 Å². The normalized spacial score (nSPS) is 10.7. The minimum atomic E-state index is -0.230. The third kappa shape index (κ3) is 5.49. The van der Waals surface area contributed by atoms with Gasteiger partial charge in [-0.2, -0.15) is 0 Å². The van der Waals surface area contributed by atoms with Crippen molar-refractivity contribution in [3.8, 4) is 0 Å². The van der Waals surface area contributed by atoms with Crippen LogP contribution in [0.25, 0.3) is 11.0 Å². The fourth-order valence-corrected chi connectivity index (χ4v) is 2.91. The summed E-state index contributed by atoms with van der Waals surface area (Å²) in [5, 5.41) is 13.4. The van der Waals surface area contributed by atoms with E-state index in [1.165, 1.54) is 5.01 Å². The Morgan fingerprint density at radius 2 is 1.97 bits per heavy atom. The number of ether oxygens (including phenoxy) is 1. The molecule has 152 valence electrons. The molecule has 0 bridgehead atoms. The molecule has 2 N–H and O–H groups in total. The van der Waals surface area contributed by atoms with Crippen LogP contribution in [0.3, 0.4) is 0 Å². The Labute approximate surface area is 174 Å². The average Bonchev–Trinajstić information content (AvgIpc) is 3.14. The van der Waals surface area contributed by atoms with Gasteiger partial charge in [0.15, 0.2) is 5.11 Å². The maximum Gasteiger partial charge on any atom is 0.269 e. The summed E-state index contributed by atoms with van der Waals surface area (Å²) in [5.74, 6) is -0.230. The lowest BCUT2D eigenvalue weighted by Crippen LogP contribution is -2.48. The lowest BCUT2D eigenvalue weighted by molar-refractivity contribution is 0.0886. The third-order valence-electron chi connectivity index (χ3n) is 4.34. The molecule has 3 aromatic rings. The molecule has 0 aliphatic heterocycles. The van der Waals surface area contributed by atoms with Gasteiger partial charge in [-0.25, -0.2) is 4.68 Å². The Balaban J connectivity index is 1.55. The van der Waals surface area contributed by atoms with Gasteiger partial charge in [-0.3, -0.25) is 15.2 Å². The van der Waals surface area contributed by atoms with Crippen molar-refractivity contribution in [2.24, 2.45) is 0 Å². The Morgan fingerprint density at radius 3 is 2.72 bits per heavy atom. The minimum absolute atomic E-state index is 0.230. The maximum absolute atomic E-state index is 12.5. The van der Waals surface area contributed by atoms with Gasteiger partial charge in [-0.1, -0.05) is 29.5 Å². The number of amides is 1. The lowest BCUT2D eigenvalue weighted by Gasteiger charge is -2.21. The van der Waals surface area contributed by atoms with Crippen LogP contribution in [-0.2, 0) is 11.3 Å². The second-order valence-corrected chi connectivity index (χ2v) is 6.90. The summed E-state index contributed by atoms with van der Waals surface area (Å²) in [5.41, 5.74) is 6.17. The number of aromatic nitrogens is 3. The number of para-hydroxylation sites is 1. The van der Waals surface area contributed by atoms with Gasteiger partial charge in [0.2, 0.25) is 0 Å². The van der Waals surface area contributed by atoms with Crippen molar-refractivity contribution in [1.82, 2.24) is 30.7 Å². The number of hydrazine groups is 1. The number of hydrogen-bond acceptors (Lipinski definition) is 5. The molecule has 0 unspecified atom stereocenters. The van der Waals surface area contributed by atoms with Gasteiger partial charge in [0, 0.05) is 32.9 Å². The van der Waals surface area contributed by atoms with E-state index >= 15 is 0 Å². The maximum atomic E-state index is 12.5. The van der Waals surface area contributed by atoms with E-state index in [0.717, 1.165) is 23.0 Å². The van der Waals surface area contributed by atoms with Gasteiger partial charge < -0.3 is 10.1 Å². The van der Waals surface area contributed by atoms with E-state index in [2.05, 4.69) is 21.1 Å². The molecule has 0 aliphatic carbocycles. The molecule has 1 amide bonds. The second kappa shape index (κ2) is 9.94. The highest BCUT2D eigenvalue weighted by Gasteiger charge is 2.11. The number of carbonyl (C=O) groups excluding carboxylic acids is 1. The fourth-order valence-electron chi connectivity index (χ4n) is 2.77. The van der Waals surface area contributed by atoms with Crippen molar-refractivity contribution in [3.63, 3.8) is 0 Å². The molecule has 0 radical (unpaired) electrons. The zero-order valence-electron chi connectivity index (χ0n) is 16.5. The van der Waals surface area contributed by atoms with Crippen molar-refractivity contribution in [3.05, 3.63) is 59.7 Å². The van der Waals surface area contributed by atoms with Crippen LogP contribution >= 0.6 is 12.2 Å². The summed E-state index contributed by atoms with van der Waals surface area (Å²) >= 11 is 5.26. The van der Waals surface area contributed by atoms with Crippen LogP contribution in [0, 0.1) is 0 Å². The number of methoxy groups -OCH3 is 1. The van der Waals surface area contributed by atoms with Gasteiger partial charge in [0.1, 0.15) is 5.52 Å². The van der Waals surface area contributed by atoms with E-state index in [1.54, 1.807) is 26.3 Å². The summed E-state index contributed by atoms with van der Waals surface area (Å²) in [4.78, 5) is 12.5. The van der Waals surface area contributed by atoms with E-state index in [1.807, 2.05) is 41.1 Å². The number of hydrogen-bond donors (Lipinski definition) is 2. The molecule has 0 spiro atoms. The first-order valence-electron chi connectivity index (χ1n) is 9.27. The summed E-state index contributed by atoms with van der Waals surface area (Å²) in [6, 6.07) is 15.2. The number of carbonyl (C=O) groups is 1. The highest BCUT2D eigenvalue weighted by Crippen LogP contribution is 2.13. The zero-order valence-corrected chi connectivity index (χ0v) is 17.3. The molecule has 1 aromatic heterocycles. The van der Waals surface area contributed by atoms with Crippen molar-refractivity contribution < 1.29 is 9.53 Å². The largest absolute Gasteiger partial charge is 0.385 e. The minimum Gasteiger partial charge on any atom is -0.385 e. The third-order valence-corrected chi connectivity index (χ3v) is 4.76. The quantitative estimate of drug-likeness (QED) is 0.349. The molecule has 2 aromatic carbocycles. The second-order valence-electron chi connectivity index (χ2n) is 6.51. The highest BCUT2D eigenvalue weighted by molar-refractivity contribution is 7.80. The molecular formula is C20H24N6O2S. The van der Waals surface area contributed by atoms with Crippen LogP contribution in [0.1, 0.15) is 22.3 Å². The molecule has 1 heterocycles. The molecule has 0 saturated carbocycles. The first kappa shape index (κ1) is 20.7. The number of thiocarbonyl (C=S) groups is 1. The van der Waals surface area contributed by atoms with Crippen LogP contribution in [0.2, 0.25) is 0 Å². The van der Waals surface area contributed by atoms with Gasteiger partial charge >= 0.3 is 0 Å². The van der Waals surface area contributed by atoms with Crippen molar-refractivity contribution in [2.45, 2.75) is 13.0 Å². The fraction of sp³-hybridized carbons (Fsp3) is 0.300. The molecule has 8 nitrogen and oxygen atoms in total. The number of benzene rings is 2. The number of fused-ring (bicyclic) bond motifs is 1. The molecule has 0 atom stereocenters. The van der Waals surface area contributed by atoms with E-state index in [4.69, 9.17) is 17.0 Å². The van der Waals surface area contributed by atoms with Crippen molar-refractivity contribution in [1.29, 1.82) is 0 Å². The standard InChI is InChI=1S/C20H24N6O2S/c1-25(20(29)21-12-5-13-28-2)23-19(27)16-10-8-15(9-11-16)14-26-18-7-4-3-6-17(18)22-24-26/h3-4,6-11H,5,12-14H2,1-2H3,(H,21,29)(H,23,27). The molecule has 29 heavy (non-hydrogen) atoms. The molecule has 0 aliphatic rings. The van der Waals surface area contributed by atoms with Crippen LogP contribution < -0.4 is 10.7 Å². The first-order chi connectivity index (χ1) is 14.1. The van der Waals surface area contributed by atoms with Crippen LogP contribution in [0.15, 0.2) is 48.5 Å². The predicted molar refractivity (Wildman–Crippen MR) is 115 cm³/mol. The highest BCUT2D eigenvalue weighted by atomic mass is 32.1. The Kier molecular flexibility index (Phi) is 7.09. The Morgan fingerprint density at radius 1 is 1.21 bits per heavy atom. The number of nitrogens with one attached hydrogen (secondary N) is 2. The van der Waals surface area contributed by atoms with Gasteiger partial charge in [0.05, 0.1) is 12.1 Å². The van der Waals surface area contributed by atoms with Crippen LogP contribution in [0.5, 0.6) is 0 Å². The monoisotopic (exact) mass is 412 g/mol. The summed E-state index contributed by atoms with van der Waals surface area (Å²) in [6.45, 7) is 1.92. The smallest absolute Gasteiger partial charge is 0.269 e. The van der Waals surface area contributed by atoms with E-state index in [0.29, 0.717) is 30.4 Å². The van der Waals surface area contributed by atoms with Crippen molar-refractivity contribution in [2.75, 3.05) is 27.3 Å². The molecular weight excluding hydrogens is 388 g/mol. The topological polar surface area (TPSA) is 84.3 Å². The number of nitrogens with zero attached hydrogens (tertiary/aromatic N) is 4. The average molecular weight is 413 g/mol. The van der Waals surface area contributed by atoms with Gasteiger partial charge in [0.25, 0.3) is 5.91 Å². The predicted octanol–water partition coefficient (Wildman–Crippen LogP) is 1.97. The molecule has 0 saturated heterocycles. The van der Waals surface area contributed by atoms with E-state index < -0.39 is 0 Å². The van der Waals surface area contributed by atoms with Gasteiger partial charge in [-0.05, 0) is 48.5 Å². The summed E-state index contributed by atoms with van der Waals surface area (Å²) < 4.78 is 6.83. The lowest BCUT2D eigenvalue weighted by atomic mass is 10.1. The SMILES string of the molecule is COCCCNC(=S)N(C)NC(=O)c1ccc(Cn2nnc3ccccc32)cc1. The molecule has 9 heteroatoms. The number of rotatable bonds is 7. The molecule has 3 rings (SSSR count). The van der Waals surface area contributed by atoms with Gasteiger partial charge in [-0.15, -0.1) is 5.10 Å². The van der Waals surface area contributed by atoms with Crippen LogP contribution in [-0.4, -0.2) is 58.3 Å². The van der Waals surface area contributed by atoms with E-state index in [-0.39, 0.29) is 5.91 Å². The summed E-state index contributed by atoms with van der Waals surface area (Å²) in [7, 11) is 3.36. The molecule has 0 fully saturated rings. The van der Waals surface area contributed by atoms with Crippen LogP contribution in [0.4, 0.5) is 0 Å². The first-order valence-corrected chi connectivity index (χ1v) is 9.68. The Bertz CT molecular complexity index is 973.